The molecule has 2 aliphatic heterocycles. The van der Waals surface area contributed by atoms with Gasteiger partial charge in [-0.15, -0.1) is 0 Å². The minimum atomic E-state index is 0.720. The van der Waals surface area contributed by atoms with E-state index in [1.807, 2.05) is 0 Å². The molecular formula is C18H35N3. The lowest BCUT2D eigenvalue weighted by molar-refractivity contribution is 0.153. The fourth-order valence-corrected chi connectivity index (χ4v) is 4.18. The summed E-state index contributed by atoms with van der Waals surface area (Å²) >= 11 is 0. The maximum Gasteiger partial charge on any atom is 0.0195 e. The molecule has 2 atom stereocenters. The molecule has 122 valence electrons. The van der Waals surface area contributed by atoms with Gasteiger partial charge in [-0.2, -0.15) is 0 Å². The van der Waals surface area contributed by atoms with Crippen molar-refractivity contribution in [3.8, 4) is 0 Å². The van der Waals surface area contributed by atoms with Gasteiger partial charge in [-0.3, -0.25) is 4.90 Å². The summed E-state index contributed by atoms with van der Waals surface area (Å²) in [6, 6.07) is 2.34. The highest BCUT2D eigenvalue weighted by Crippen LogP contribution is 2.32. The summed E-state index contributed by atoms with van der Waals surface area (Å²) in [5, 5.41) is 3.71. The summed E-state index contributed by atoms with van der Waals surface area (Å²) in [7, 11) is 0. The molecule has 0 aromatic carbocycles. The van der Waals surface area contributed by atoms with Gasteiger partial charge < -0.3 is 10.2 Å². The van der Waals surface area contributed by atoms with Crippen molar-refractivity contribution >= 4 is 0 Å². The zero-order valence-corrected chi connectivity index (χ0v) is 14.2. The molecule has 1 N–H and O–H groups in total. The smallest absolute Gasteiger partial charge is 0.0195 e. The van der Waals surface area contributed by atoms with Crippen molar-refractivity contribution in [1.82, 2.24) is 15.1 Å². The molecule has 3 rings (SSSR count). The standard InChI is InChI=1S/C18H35N3/c1-15(2)20-11-4-6-18(9-12-20)21(13-16-7-8-16)14-17-5-3-10-19-17/h15-19H,3-14H2,1-2H3. The lowest BCUT2D eigenvalue weighted by atomic mass is 10.1. The SMILES string of the molecule is CC(C)N1CCCC(N(CC2CC2)CC2CCCN2)CC1. The molecule has 0 amide bonds. The van der Waals surface area contributed by atoms with Crippen molar-refractivity contribution in [2.75, 3.05) is 32.7 Å². The van der Waals surface area contributed by atoms with Crippen molar-refractivity contribution < 1.29 is 0 Å². The quantitative estimate of drug-likeness (QED) is 0.812. The average molecular weight is 293 g/mol. The second-order valence-corrected chi connectivity index (χ2v) is 7.90. The van der Waals surface area contributed by atoms with Crippen LogP contribution in [0.3, 0.4) is 0 Å². The van der Waals surface area contributed by atoms with Crippen molar-refractivity contribution in [3.63, 3.8) is 0 Å². The van der Waals surface area contributed by atoms with Crippen LogP contribution in [-0.4, -0.2) is 60.6 Å². The molecular weight excluding hydrogens is 258 g/mol. The first-order chi connectivity index (χ1) is 10.2. The zero-order chi connectivity index (χ0) is 14.7. The Morgan fingerprint density at radius 3 is 2.52 bits per heavy atom. The van der Waals surface area contributed by atoms with Crippen LogP contribution in [0, 0.1) is 5.92 Å². The molecule has 0 bridgehead atoms. The summed E-state index contributed by atoms with van der Waals surface area (Å²) in [6.07, 6.45) is 9.95. The van der Waals surface area contributed by atoms with Crippen molar-refractivity contribution in [3.05, 3.63) is 0 Å². The highest BCUT2D eigenvalue weighted by atomic mass is 15.2. The third-order valence-electron chi connectivity index (χ3n) is 5.79. The van der Waals surface area contributed by atoms with Gasteiger partial charge in [0.2, 0.25) is 0 Å². The lowest BCUT2D eigenvalue weighted by Gasteiger charge is -2.33. The maximum absolute atomic E-state index is 3.71. The molecule has 2 saturated heterocycles. The number of nitrogens with one attached hydrogen (secondary N) is 1. The first kappa shape index (κ1) is 15.8. The molecule has 2 heterocycles. The molecule has 3 nitrogen and oxygen atoms in total. The molecule has 0 radical (unpaired) electrons. The summed E-state index contributed by atoms with van der Waals surface area (Å²) in [5.74, 6) is 1.02. The van der Waals surface area contributed by atoms with E-state index in [-0.39, 0.29) is 0 Å². The summed E-state index contributed by atoms with van der Waals surface area (Å²) in [4.78, 5) is 5.56. The van der Waals surface area contributed by atoms with Gasteiger partial charge in [0.05, 0.1) is 0 Å². The van der Waals surface area contributed by atoms with E-state index in [1.54, 1.807) is 0 Å². The summed E-state index contributed by atoms with van der Waals surface area (Å²) < 4.78 is 0. The van der Waals surface area contributed by atoms with Gasteiger partial charge in [-0.05, 0) is 84.3 Å². The van der Waals surface area contributed by atoms with Gasteiger partial charge in [0.25, 0.3) is 0 Å². The number of hydrogen-bond donors (Lipinski definition) is 1. The van der Waals surface area contributed by atoms with E-state index in [2.05, 4.69) is 29.0 Å². The van der Waals surface area contributed by atoms with Crippen molar-refractivity contribution in [2.45, 2.75) is 76.9 Å². The van der Waals surface area contributed by atoms with Crippen LogP contribution in [-0.2, 0) is 0 Å². The molecule has 3 fully saturated rings. The largest absolute Gasteiger partial charge is 0.313 e. The molecule has 3 heteroatoms. The highest BCUT2D eigenvalue weighted by Gasteiger charge is 2.31. The highest BCUT2D eigenvalue weighted by molar-refractivity contribution is 4.87. The van der Waals surface area contributed by atoms with E-state index in [0.717, 1.165) is 24.0 Å². The lowest BCUT2D eigenvalue weighted by Crippen LogP contribution is -2.45. The third-order valence-corrected chi connectivity index (χ3v) is 5.79. The predicted molar refractivity (Wildman–Crippen MR) is 89.7 cm³/mol. The van der Waals surface area contributed by atoms with Crippen molar-refractivity contribution in [1.29, 1.82) is 0 Å². The van der Waals surface area contributed by atoms with E-state index < -0.39 is 0 Å². The maximum atomic E-state index is 3.71. The van der Waals surface area contributed by atoms with Crippen LogP contribution in [0.15, 0.2) is 0 Å². The topological polar surface area (TPSA) is 18.5 Å². The van der Waals surface area contributed by atoms with E-state index in [1.165, 1.54) is 77.7 Å². The van der Waals surface area contributed by atoms with Crippen LogP contribution < -0.4 is 5.32 Å². The van der Waals surface area contributed by atoms with Gasteiger partial charge in [0.15, 0.2) is 0 Å². The average Bonchev–Trinajstić information content (AvgIpc) is 3.19. The van der Waals surface area contributed by atoms with Crippen LogP contribution in [0.1, 0.15) is 58.8 Å². The van der Waals surface area contributed by atoms with Crippen LogP contribution in [0.25, 0.3) is 0 Å². The Kier molecular flexibility index (Phi) is 5.58. The summed E-state index contributed by atoms with van der Waals surface area (Å²) in [6.45, 7) is 11.3. The molecule has 1 saturated carbocycles. The fourth-order valence-electron chi connectivity index (χ4n) is 4.18. The number of rotatable bonds is 6. The first-order valence-electron chi connectivity index (χ1n) is 9.44. The van der Waals surface area contributed by atoms with E-state index >= 15 is 0 Å². The number of hydrogen-bond acceptors (Lipinski definition) is 3. The van der Waals surface area contributed by atoms with Gasteiger partial charge in [0, 0.05) is 31.2 Å². The van der Waals surface area contributed by atoms with E-state index in [4.69, 9.17) is 0 Å². The van der Waals surface area contributed by atoms with E-state index in [9.17, 15) is 0 Å². The minimum absolute atomic E-state index is 0.720. The second-order valence-electron chi connectivity index (χ2n) is 7.90. The molecule has 21 heavy (non-hydrogen) atoms. The molecule has 0 spiro atoms. The fraction of sp³-hybridized carbons (Fsp3) is 1.00. The number of nitrogens with zero attached hydrogens (tertiary/aromatic N) is 2. The van der Waals surface area contributed by atoms with Gasteiger partial charge >= 0.3 is 0 Å². The molecule has 3 aliphatic rings. The second kappa shape index (κ2) is 7.43. The minimum Gasteiger partial charge on any atom is -0.313 e. The van der Waals surface area contributed by atoms with Crippen LogP contribution >= 0.6 is 0 Å². The Hall–Kier alpha value is -0.120. The first-order valence-corrected chi connectivity index (χ1v) is 9.44. The van der Waals surface area contributed by atoms with Crippen molar-refractivity contribution in [2.24, 2.45) is 5.92 Å². The Balaban J connectivity index is 1.55. The van der Waals surface area contributed by atoms with E-state index in [0.29, 0.717) is 0 Å². The summed E-state index contributed by atoms with van der Waals surface area (Å²) in [5.41, 5.74) is 0. The Morgan fingerprint density at radius 1 is 1.00 bits per heavy atom. The predicted octanol–water partition coefficient (Wildman–Crippen LogP) is 2.71. The van der Waals surface area contributed by atoms with Gasteiger partial charge in [-0.25, -0.2) is 0 Å². The zero-order valence-electron chi connectivity index (χ0n) is 14.2. The van der Waals surface area contributed by atoms with Crippen LogP contribution in [0.5, 0.6) is 0 Å². The Bertz CT molecular complexity index is 308. The monoisotopic (exact) mass is 293 g/mol. The van der Waals surface area contributed by atoms with Crippen LogP contribution in [0.2, 0.25) is 0 Å². The normalized spacial score (nSPS) is 32.0. The Labute approximate surface area is 131 Å². The molecule has 2 unspecified atom stereocenters. The third kappa shape index (κ3) is 4.67. The Morgan fingerprint density at radius 2 is 1.86 bits per heavy atom. The molecule has 1 aliphatic carbocycles. The van der Waals surface area contributed by atoms with Crippen LogP contribution in [0.4, 0.5) is 0 Å². The molecule has 0 aromatic rings. The van der Waals surface area contributed by atoms with Gasteiger partial charge in [0.1, 0.15) is 0 Å². The molecule has 0 aromatic heterocycles. The number of likely N-dealkylation sites (tertiary alicyclic amines) is 1. The van der Waals surface area contributed by atoms with Gasteiger partial charge in [-0.1, -0.05) is 0 Å².